The van der Waals surface area contributed by atoms with Gasteiger partial charge in [0.05, 0.1) is 0 Å². The summed E-state index contributed by atoms with van der Waals surface area (Å²) in [6.07, 6.45) is 4.81. The van der Waals surface area contributed by atoms with Crippen LogP contribution in [-0.4, -0.2) is 5.75 Å². The second kappa shape index (κ2) is 6.69. The number of thioether (sulfide) groups is 1. The van der Waals surface area contributed by atoms with E-state index in [2.05, 4.69) is 25.5 Å². The number of rotatable bonds is 5. The van der Waals surface area contributed by atoms with E-state index in [1.807, 2.05) is 12.2 Å². The molecule has 0 aliphatic carbocycles. The van der Waals surface area contributed by atoms with Crippen molar-refractivity contribution < 1.29 is 0 Å². The molecule has 0 fully saturated rings. The summed E-state index contributed by atoms with van der Waals surface area (Å²) in [5.41, 5.74) is 1.36. The highest BCUT2D eigenvalue weighted by molar-refractivity contribution is 8.02. The first-order valence-corrected chi connectivity index (χ1v) is 4.35. The molecular weight excluding hydrogens is 140 g/mol. The number of allylic oxidation sites excluding steroid dienone is 2. The lowest BCUT2D eigenvalue weighted by atomic mass is 10.2. The average molecular weight is 154 g/mol. The van der Waals surface area contributed by atoms with Crippen molar-refractivity contribution in [2.24, 2.45) is 0 Å². The van der Waals surface area contributed by atoms with Gasteiger partial charge in [-0.15, -0.1) is 24.9 Å². The van der Waals surface area contributed by atoms with Crippen molar-refractivity contribution in [2.75, 3.05) is 5.75 Å². The lowest BCUT2D eigenvalue weighted by Gasteiger charge is -1.92. The molecule has 0 aromatic rings. The highest BCUT2D eigenvalue weighted by Crippen LogP contribution is 2.09. The van der Waals surface area contributed by atoms with Crippen LogP contribution in [-0.2, 0) is 0 Å². The van der Waals surface area contributed by atoms with Crippen molar-refractivity contribution in [3.63, 3.8) is 0 Å². The van der Waals surface area contributed by atoms with E-state index < -0.39 is 0 Å². The van der Waals surface area contributed by atoms with E-state index in [1.165, 1.54) is 5.57 Å². The van der Waals surface area contributed by atoms with Gasteiger partial charge in [0.1, 0.15) is 0 Å². The maximum Gasteiger partial charge on any atom is 0.0152 e. The standard InChI is InChI=1S/C9H14S/c1-4-6-9(3)8-10-7-5-2/h4-5,8H,1-2,6-7H2,3H3/b9-8-. The number of hydrogen-bond donors (Lipinski definition) is 0. The van der Waals surface area contributed by atoms with Gasteiger partial charge in [-0.1, -0.05) is 17.7 Å². The van der Waals surface area contributed by atoms with Gasteiger partial charge in [0, 0.05) is 5.75 Å². The zero-order valence-corrected chi connectivity index (χ0v) is 7.29. The minimum Gasteiger partial charge on any atom is -0.130 e. The second-order valence-corrected chi connectivity index (χ2v) is 2.98. The van der Waals surface area contributed by atoms with Crippen molar-refractivity contribution in [1.82, 2.24) is 0 Å². The van der Waals surface area contributed by atoms with Crippen LogP contribution in [0.25, 0.3) is 0 Å². The Morgan fingerprint density at radius 1 is 1.40 bits per heavy atom. The lowest BCUT2D eigenvalue weighted by molar-refractivity contribution is 1.23. The Morgan fingerprint density at radius 2 is 2.10 bits per heavy atom. The smallest absolute Gasteiger partial charge is 0.0152 e. The molecule has 0 aliphatic rings. The lowest BCUT2D eigenvalue weighted by Crippen LogP contribution is -1.70. The van der Waals surface area contributed by atoms with Crippen molar-refractivity contribution in [2.45, 2.75) is 13.3 Å². The SMILES string of the molecule is C=CCS/C=C(/C)CC=C. The Labute approximate surface area is 67.7 Å². The highest BCUT2D eigenvalue weighted by Gasteiger charge is 1.82. The van der Waals surface area contributed by atoms with Crippen LogP contribution in [0.2, 0.25) is 0 Å². The first kappa shape index (κ1) is 9.57. The van der Waals surface area contributed by atoms with Crippen LogP contribution in [0.4, 0.5) is 0 Å². The van der Waals surface area contributed by atoms with E-state index >= 15 is 0 Å². The van der Waals surface area contributed by atoms with Crippen LogP contribution in [0.3, 0.4) is 0 Å². The second-order valence-electron chi connectivity index (χ2n) is 2.08. The molecule has 0 bridgehead atoms. The van der Waals surface area contributed by atoms with Crippen LogP contribution >= 0.6 is 11.8 Å². The maximum atomic E-state index is 3.66. The van der Waals surface area contributed by atoms with Crippen molar-refractivity contribution >= 4 is 11.8 Å². The Bertz CT molecular complexity index is 134. The van der Waals surface area contributed by atoms with Crippen LogP contribution in [0, 0.1) is 0 Å². The first-order valence-electron chi connectivity index (χ1n) is 3.30. The predicted octanol–water partition coefficient (Wildman–Crippen LogP) is 3.39. The number of hydrogen-bond acceptors (Lipinski definition) is 1. The maximum absolute atomic E-state index is 3.66. The Hall–Kier alpha value is -0.430. The Balaban J connectivity index is 3.46. The Morgan fingerprint density at radius 3 is 2.60 bits per heavy atom. The van der Waals surface area contributed by atoms with Crippen LogP contribution in [0.5, 0.6) is 0 Å². The molecule has 0 saturated heterocycles. The van der Waals surface area contributed by atoms with E-state index in [4.69, 9.17) is 0 Å². The van der Waals surface area contributed by atoms with Gasteiger partial charge in [-0.05, 0) is 18.8 Å². The van der Waals surface area contributed by atoms with Gasteiger partial charge in [-0.3, -0.25) is 0 Å². The van der Waals surface area contributed by atoms with Gasteiger partial charge < -0.3 is 0 Å². The molecule has 0 aliphatic heterocycles. The third kappa shape index (κ3) is 5.70. The van der Waals surface area contributed by atoms with Crippen LogP contribution in [0.15, 0.2) is 36.3 Å². The van der Waals surface area contributed by atoms with Gasteiger partial charge in [0.15, 0.2) is 0 Å². The topological polar surface area (TPSA) is 0 Å². The zero-order chi connectivity index (χ0) is 7.82. The monoisotopic (exact) mass is 154 g/mol. The summed E-state index contributed by atoms with van der Waals surface area (Å²) in [7, 11) is 0. The van der Waals surface area contributed by atoms with E-state index in [1.54, 1.807) is 11.8 Å². The Kier molecular flexibility index (Phi) is 6.40. The third-order valence-corrected chi connectivity index (χ3v) is 1.96. The van der Waals surface area contributed by atoms with E-state index in [9.17, 15) is 0 Å². The van der Waals surface area contributed by atoms with Gasteiger partial charge >= 0.3 is 0 Å². The molecule has 0 atom stereocenters. The van der Waals surface area contributed by atoms with E-state index in [-0.39, 0.29) is 0 Å². The third-order valence-electron chi connectivity index (χ3n) is 0.965. The molecule has 10 heavy (non-hydrogen) atoms. The fourth-order valence-electron chi connectivity index (χ4n) is 0.534. The van der Waals surface area contributed by atoms with Gasteiger partial charge in [-0.2, -0.15) is 0 Å². The molecule has 0 N–H and O–H groups in total. The largest absolute Gasteiger partial charge is 0.130 e. The zero-order valence-electron chi connectivity index (χ0n) is 6.47. The molecule has 0 spiro atoms. The van der Waals surface area contributed by atoms with E-state index in [0.29, 0.717) is 0 Å². The molecule has 1 heteroatoms. The van der Waals surface area contributed by atoms with Gasteiger partial charge in [0.2, 0.25) is 0 Å². The van der Waals surface area contributed by atoms with E-state index in [0.717, 1.165) is 12.2 Å². The van der Waals surface area contributed by atoms with Crippen LogP contribution in [0.1, 0.15) is 13.3 Å². The average Bonchev–Trinajstić information content (AvgIpc) is 1.89. The summed E-state index contributed by atoms with van der Waals surface area (Å²) in [6, 6.07) is 0. The van der Waals surface area contributed by atoms with Crippen molar-refractivity contribution in [1.29, 1.82) is 0 Å². The molecule has 0 unspecified atom stereocenters. The molecule has 0 aromatic heterocycles. The molecule has 0 radical (unpaired) electrons. The molecule has 0 saturated carbocycles. The first-order chi connectivity index (χ1) is 4.81. The molecule has 0 rings (SSSR count). The molecule has 56 valence electrons. The fourth-order valence-corrected chi connectivity index (χ4v) is 1.15. The molecular formula is C9H14S. The molecule has 0 heterocycles. The predicted molar refractivity (Wildman–Crippen MR) is 51.2 cm³/mol. The minimum atomic E-state index is 0.990. The van der Waals surface area contributed by atoms with Gasteiger partial charge in [0.25, 0.3) is 0 Å². The summed E-state index contributed by atoms with van der Waals surface area (Å²) in [4.78, 5) is 0. The molecule has 0 nitrogen and oxygen atoms in total. The van der Waals surface area contributed by atoms with Gasteiger partial charge in [-0.25, -0.2) is 0 Å². The quantitative estimate of drug-likeness (QED) is 0.432. The summed E-state index contributed by atoms with van der Waals surface area (Å²) in [6.45, 7) is 9.40. The summed E-state index contributed by atoms with van der Waals surface area (Å²) < 4.78 is 0. The minimum absolute atomic E-state index is 0.990. The highest BCUT2D eigenvalue weighted by atomic mass is 32.2. The van der Waals surface area contributed by atoms with Crippen LogP contribution < -0.4 is 0 Å². The van der Waals surface area contributed by atoms with Crippen molar-refractivity contribution in [3.8, 4) is 0 Å². The molecule has 0 aromatic carbocycles. The summed E-state index contributed by atoms with van der Waals surface area (Å²) in [5.74, 6) is 0.995. The summed E-state index contributed by atoms with van der Waals surface area (Å²) >= 11 is 1.77. The molecule has 0 amide bonds. The van der Waals surface area contributed by atoms with Crippen molar-refractivity contribution in [3.05, 3.63) is 36.3 Å². The normalized spacial score (nSPS) is 11.1. The summed E-state index contributed by atoms with van der Waals surface area (Å²) in [5, 5.41) is 2.16. The fraction of sp³-hybridized carbons (Fsp3) is 0.333.